The predicted molar refractivity (Wildman–Crippen MR) is 130 cm³/mol. The Morgan fingerprint density at radius 3 is 2.50 bits per heavy atom. The molecule has 4 aromatic rings. The summed E-state index contributed by atoms with van der Waals surface area (Å²) in [7, 11) is 1.59. The molecule has 0 fully saturated rings. The molecule has 34 heavy (non-hydrogen) atoms. The van der Waals surface area contributed by atoms with Gasteiger partial charge in [-0.2, -0.15) is 0 Å². The molecule has 0 radical (unpaired) electrons. The lowest BCUT2D eigenvalue weighted by Gasteiger charge is -2.12. The minimum Gasteiger partial charge on any atom is -0.497 e. The van der Waals surface area contributed by atoms with Crippen LogP contribution in [0.15, 0.2) is 78.0 Å². The van der Waals surface area contributed by atoms with Crippen molar-refractivity contribution in [2.45, 2.75) is 12.1 Å². The van der Waals surface area contributed by atoms with Gasteiger partial charge in [0, 0.05) is 0 Å². The van der Waals surface area contributed by atoms with Gasteiger partial charge in [0.2, 0.25) is 5.91 Å². The van der Waals surface area contributed by atoms with E-state index < -0.39 is 5.82 Å². The van der Waals surface area contributed by atoms with E-state index in [0.29, 0.717) is 46.0 Å². The molecule has 0 aliphatic rings. The van der Waals surface area contributed by atoms with Crippen LogP contribution in [0.3, 0.4) is 0 Å². The van der Waals surface area contributed by atoms with Gasteiger partial charge in [-0.15, -0.1) is 10.2 Å². The minimum absolute atomic E-state index is 0.0754. The van der Waals surface area contributed by atoms with Crippen molar-refractivity contribution in [3.8, 4) is 28.6 Å². The molecule has 1 N–H and O–H groups in total. The third kappa shape index (κ3) is 5.20. The number of amides is 1. The number of halogens is 1. The summed E-state index contributed by atoms with van der Waals surface area (Å²) in [4.78, 5) is 12.7. The molecular formula is C25H23FN4O3S. The van der Waals surface area contributed by atoms with E-state index in [1.807, 2.05) is 31.2 Å². The molecule has 0 bridgehead atoms. The monoisotopic (exact) mass is 478 g/mol. The van der Waals surface area contributed by atoms with Gasteiger partial charge in [-0.1, -0.05) is 36.0 Å². The average Bonchev–Trinajstić information content (AvgIpc) is 3.28. The van der Waals surface area contributed by atoms with E-state index in [-0.39, 0.29) is 11.7 Å². The summed E-state index contributed by atoms with van der Waals surface area (Å²) in [6.45, 7) is 2.37. The Balaban J connectivity index is 1.60. The minimum atomic E-state index is -0.411. The fraction of sp³-hybridized carbons (Fsp3) is 0.160. The number of rotatable bonds is 9. The van der Waals surface area contributed by atoms with Crippen molar-refractivity contribution in [1.82, 2.24) is 14.8 Å². The van der Waals surface area contributed by atoms with Crippen LogP contribution in [0.1, 0.15) is 6.92 Å². The van der Waals surface area contributed by atoms with Crippen LogP contribution < -0.4 is 14.8 Å². The lowest BCUT2D eigenvalue weighted by atomic mass is 10.2. The van der Waals surface area contributed by atoms with Crippen LogP contribution >= 0.6 is 11.8 Å². The number of nitrogens with zero attached hydrogens (tertiary/aromatic N) is 3. The molecule has 7 nitrogen and oxygen atoms in total. The summed E-state index contributed by atoms with van der Waals surface area (Å²) >= 11 is 1.20. The first-order valence-corrected chi connectivity index (χ1v) is 11.6. The van der Waals surface area contributed by atoms with Gasteiger partial charge < -0.3 is 14.8 Å². The zero-order chi connectivity index (χ0) is 23.9. The number of hydrogen-bond acceptors (Lipinski definition) is 6. The van der Waals surface area contributed by atoms with E-state index in [0.717, 1.165) is 0 Å². The molecule has 1 heterocycles. The number of hydrogen-bond donors (Lipinski definition) is 1. The number of thioether (sulfide) groups is 1. The quantitative estimate of drug-likeness (QED) is 0.333. The Kier molecular flexibility index (Phi) is 7.44. The van der Waals surface area contributed by atoms with Crippen LogP contribution in [0.25, 0.3) is 17.1 Å². The number of anilines is 1. The second-order valence-electron chi connectivity index (χ2n) is 7.09. The lowest BCUT2D eigenvalue weighted by Crippen LogP contribution is -2.15. The highest BCUT2D eigenvalue weighted by atomic mass is 32.2. The van der Waals surface area contributed by atoms with Crippen LogP contribution in [0.4, 0.5) is 10.1 Å². The van der Waals surface area contributed by atoms with Gasteiger partial charge in [0.25, 0.3) is 0 Å². The molecule has 174 valence electrons. The summed E-state index contributed by atoms with van der Waals surface area (Å²) in [5, 5.41) is 11.8. The molecule has 3 aromatic carbocycles. The van der Waals surface area contributed by atoms with Gasteiger partial charge in [0.1, 0.15) is 17.3 Å². The summed E-state index contributed by atoms with van der Waals surface area (Å²) in [6.07, 6.45) is 0. The highest BCUT2D eigenvalue weighted by Gasteiger charge is 2.20. The molecule has 4 rings (SSSR count). The van der Waals surface area contributed by atoms with Crippen LogP contribution in [0, 0.1) is 5.82 Å². The third-order valence-corrected chi connectivity index (χ3v) is 5.80. The van der Waals surface area contributed by atoms with Crippen molar-refractivity contribution in [2.24, 2.45) is 0 Å². The lowest BCUT2D eigenvalue weighted by molar-refractivity contribution is -0.113. The summed E-state index contributed by atoms with van der Waals surface area (Å²) in [5.74, 6) is 1.07. The van der Waals surface area contributed by atoms with Crippen LogP contribution in [-0.2, 0) is 4.79 Å². The van der Waals surface area contributed by atoms with Gasteiger partial charge in [0.05, 0.1) is 36.4 Å². The Morgan fingerprint density at radius 2 is 1.76 bits per heavy atom. The van der Waals surface area contributed by atoms with Crippen molar-refractivity contribution in [3.05, 3.63) is 78.6 Å². The molecule has 0 aliphatic carbocycles. The second-order valence-corrected chi connectivity index (χ2v) is 8.03. The number of carbonyl (C=O) groups is 1. The standard InChI is InChI=1S/C25H23FN4O3S/c1-3-33-22-11-7-6-10-21(22)27-23(31)16-34-25-29-28-24(19-8-4-5-9-20(19)26)30(25)17-12-14-18(32-2)15-13-17/h4-15H,3,16H2,1-2H3,(H,27,31). The molecule has 0 aliphatic heterocycles. The Labute approximate surface area is 200 Å². The molecule has 0 unspecified atom stereocenters. The van der Waals surface area contributed by atoms with E-state index >= 15 is 0 Å². The molecule has 1 aromatic heterocycles. The maximum absolute atomic E-state index is 14.6. The van der Waals surface area contributed by atoms with E-state index in [4.69, 9.17) is 9.47 Å². The number of methoxy groups -OCH3 is 1. The molecule has 0 saturated heterocycles. The van der Waals surface area contributed by atoms with E-state index in [1.54, 1.807) is 54.1 Å². The number of para-hydroxylation sites is 2. The van der Waals surface area contributed by atoms with E-state index in [9.17, 15) is 9.18 Å². The van der Waals surface area contributed by atoms with Gasteiger partial charge in [-0.3, -0.25) is 9.36 Å². The van der Waals surface area contributed by atoms with Crippen molar-refractivity contribution >= 4 is 23.4 Å². The average molecular weight is 479 g/mol. The molecule has 1 amide bonds. The van der Waals surface area contributed by atoms with E-state index in [2.05, 4.69) is 15.5 Å². The maximum atomic E-state index is 14.6. The second kappa shape index (κ2) is 10.8. The molecular weight excluding hydrogens is 455 g/mol. The van der Waals surface area contributed by atoms with Gasteiger partial charge >= 0.3 is 0 Å². The first kappa shape index (κ1) is 23.3. The number of carbonyl (C=O) groups excluding carboxylic acids is 1. The van der Waals surface area contributed by atoms with Crippen molar-refractivity contribution in [2.75, 3.05) is 24.8 Å². The summed E-state index contributed by atoms with van der Waals surface area (Å²) < 4.78 is 27.1. The van der Waals surface area contributed by atoms with Crippen molar-refractivity contribution in [1.29, 1.82) is 0 Å². The SMILES string of the molecule is CCOc1ccccc1NC(=O)CSc1nnc(-c2ccccc2F)n1-c1ccc(OC)cc1. The zero-order valence-electron chi connectivity index (χ0n) is 18.7. The molecule has 9 heteroatoms. The van der Waals surface area contributed by atoms with Gasteiger partial charge in [-0.25, -0.2) is 4.39 Å². The fourth-order valence-corrected chi connectivity index (χ4v) is 4.06. The number of benzene rings is 3. The fourth-order valence-electron chi connectivity index (χ4n) is 3.31. The van der Waals surface area contributed by atoms with Crippen molar-refractivity contribution < 1.29 is 18.7 Å². The Morgan fingerprint density at radius 1 is 1.03 bits per heavy atom. The van der Waals surface area contributed by atoms with Gasteiger partial charge in [-0.05, 0) is 55.5 Å². The van der Waals surface area contributed by atoms with Crippen LogP contribution in [0.5, 0.6) is 11.5 Å². The normalized spacial score (nSPS) is 10.7. The molecule has 0 saturated carbocycles. The maximum Gasteiger partial charge on any atom is 0.234 e. The number of aromatic nitrogens is 3. The molecule has 0 atom stereocenters. The first-order valence-electron chi connectivity index (χ1n) is 10.6. The topological polar surface area (TPSA) is 78.3 Å². The van der Waals surface area contributed by atoms with Crippen LogP contribution in [-0.4, -0.2) is 40.1 Å². The third-order valence-electron chi connectivity index (χ3n) is 4.87. The smallest absolute Gasteiger partial charge is 0.234 e. The first-order chi connectivity index (χ1) is 16.6. The largest absolute Gasteiger partial charge is 0.497 e. The number of nitrogens with one attached hydrogen (secondary N) is 1. The summed E-state index contributed by atoms with van der Waals surface area (Å²) in [5.41, 5.74) is 1.63. The highest BCUT2D eigenvalue weighted by molar-refractivity contribution is 7.99. The Hall–Kier alpha value is -3.85. The van der Waals surface area contributed by atoms with Crippen LogP contribution in [0.2, 0.25) is 0 Å². The van der Waals surface area contributed by atoms with E-state index in [1.165, 1.54) is 17.8 Å². The molecule has 0 spiro atoms. The Bertz CT molecular complexity index is 1280. The van der Waals surface area contributed by atoms with Gasteiger partial charge in [0.15, 0.2) is 11.0 Å². The highest BCUT2D eigenvalue weighted by Crippen LogP contribution is 2.30. The van der Waals surface area contributed by atoms with Crippen molar-refractivity contribution in [3.63, 3.8) is 0 Å². The zero-order valence-corrected chi connectivity index (χ0v) is 19.5. The summed E-state index contributed by atoms with van der Waals surface area (Å²) in [6, 6.07) is 20.9. The number of ether oxygens (including phenoxy) is 2. The predicted octanol–water partition coefficient (Wildman–Crippen LogP) is 5.21.